The molecule has 0 aromatic rings. The van der Waals surface area contributed by atoms with Gasteiger partial charge in [-0.05, 0) is 31.4 Å². The number of aliphatic carboxylic acids is 1. The van der Waals surface area contributed by atoms with Gasteiger partial charge in [-0.1, -0.05) is 12.8 Å². The molecule has 0 aromatic heterocycles. The molecule has 102 valence electrons. The van der Waals surface area contributed by atoms with Crippen molar-refractivity contribution in [3.05, 3.63) is 0 Å². The minimum absolute atomic E-state index is 0.0499. The van der Waals surface area contributed by atoms with Crippen molar-refractivity contribution in [2.24, 2.45) is 11.8 Å². The predicted molar refractivity (Wildman–Crippen MR) is 71.6 cm³/mol. The summed E-state index contributed by atoms with van der Waals surface area (Å²) in [5.41, 5.74) is 0. The molecule has 2 rings (SSSR count). The summed E-state index contributed by atoms with van der Waals surface area (Å²) in [5, 5.41) is 12.5. The number of nitrogens with one attached hydrogen (secondary N) is 1. The second kappa shape index (κ2) is 6.45. The first kappa shape index (κ1) is 13.7. The number of hydrogen-bond donors (Lipinski definition) is 2. The van der Waals surface area contributed by atoms with Gasteiger partial charge in [0.15, 0.2) is 0 Å². The molecule has 1 saturated carbocycles. The molecule has 0 bridgehead atoms. The van der Waals surface area contributed by atoms with Gasteiger partial charge in [-0.2, -0.15) is 11.8 Å². The Kier molecular flexibility index (Phi) is 4.92. The second-order valence-corrected chi connectivity index (χ2v) is 6.62. The summed E-state index contributed by atoms with van der Waals surface area (Å²) in [6.07, 6.45) is 5.91. The summed E-state index contributed by atoms with van der Waals surface area (Å²) in [6, 6.07) is 0. The SMILES string of the molecule is O=C(O)C1CCCC1C(=O)NCC1CCCCS1. The van der Waals surface area contributed by atoms with Crippen LogP contribution in [0.1, 0.15) is 38.5 Å². The molecule has 5 heteroatoms. The Morgan fingerprint density at radius 1 is 1.11 bits per heavy atom. The van der Waals surface area contributed by atoms with Gasteiger partial charge in [0.05, 0.1) is 11.8 Å². The van der Waals surface area contributed by atoms with Crippen LogP contribution in [0.15, 0.2) is 0 Å². The van der Waals surface area contributed by atoms with E-state index in [0.29, 0.717) is 18.2 Å². The van der Waals surface area contributed by atoms with Crippen LogP contribution in [0.3, 0.4) is 0 Å². The summed E-state index contributed by atoms with van der Waals surface area (Å²) in [4.78, 5) is 23.1. The van der Waals surface area contributed by atoms with E-state index in [-0.39, 0.29) is 11.8 Å². The molecule has 18 heavy (non-hydrogen) atoms. The molecule has 0 spiro atoms. The average Bonchev–Trinajstić information content (AvgIpc) is 2.86. The maximum absolute atomic E-state index is 12.0. The Morgan fingerprint density at radius 3 is 2.56 bits per heavy atom. The third kappa shape index (κ3) is 3.40. The Bertz CT molecular complexity index is 315. The van der Waals surface area contributed by atoms with E-state index in [1.165, 1.54) is 18.6 Å². The van der Waals surface area contributed by atoms with Crippen LogP contribution in [0.25, 0.3) is 0 Å². The van der Waals surface area contributed by atoms with E-state index < -0.39 is 11.9 Å². The van der Waals surface area contributed by atoms with Gasteiger partial charge >= 0.3 is 5.97 Å². The molecule has 1 saturated heterocycles. The molecule has 1 amide bonds. The zero-order valence-electron chi connectivity index (χ0n) is 10.6. The molecule has 2 aliphatic rings. The highest BCUT2D eigenvalue weighted by Crippen LogP contribution is 2.32. The normalized spacial score (nSPS) is 32.1. The molecule has 1 heterocycles. The van der Waals surface area contributed by atoms with Crippen LogP contribution in [0.4, 0.5) is 0 Å². The third-order valence-corrected chi connectivity index (χ3v) is 5.35. The van der Waals surface area contributed by atoms with Gasteiger partial charge in [0.1, 0.15) is 0 Å². The summed E-state index contributed by atoms with van der Waals surface area (Å²) in [6.45, 7) is 0.701. The molecule has 0 aromatic carbocycles. The fourth-order valence-electron chi connectivity index (χ4n) is 2.88. The van der Waals surface area contributed by atoms with Crippen LogP contribution >= 0.6 is 11.8 Å². The highest BCUT2D eigenvalue weighted by Gasteiger charge is 2.37. The lowest BCUT2D eigenvalue weighted by atomic mass is 9.95. The molecular formula is C13H21NO3S. The van der Waals surface area contributed by atoms with E-state index in [9.17, 15) is 9.59 Å². The van der Waals surface area contributed by atoms with Crippen molar-refractivity contribution < 1.29 is 14.7 Å². The molecule has 0 radical (unpaired) electrons. The van der Waals surface area contributed by atoms with Crippen molar-refractivity contribution in [2.45, 2.75) is 43.8 Å². The van der Waals surface area contributed by atoms with Crippen molar-refractivity contribution in [1.29, 1.82) is 0 Å². The van der Waals surface area contributed by atoms with Crippen LogP contribution in [0.5, 0.6) is 0 Å². The molecule has 3 atom stereocenters. The Hall–Kier alpha value is -0.710. The van der Waals surface area contributed by atoms with Crippen molar-refractivity contribution in [1.82, 2.24) is 5.32 Å². The number of amides is 1. The Morgan fingerprint density at radius 2 is 1.89 bits per heavy atom. The lowest BCUT2D eigenvalue weighted by molar-refractivity contribution is -0.146. The number of carboxylic acids is 1. The van der Waals surface area contributed by atoms with Crippen LogP contribution < -0.4 is 5.32 Å². The number of carbonyl (C=O) groups excluding carboxylic acids is 1. The zero-order valence-corrected chi connectivity index (χ0v) is 11.4. The smallest absolute Gasteiger partial charge is 0.307 e. The summed E-state index contributed by atoms with van der Waals surface area (Å²) < 4.78 is 0. The van der Waals surface area contributed by atoms with Crippen LogP contribution in [-0.2, 0) is 9.59 Å². The van der Waals surface area contributed by atoms with Gasteiger partial charge in [-0.3, -0.25) is 9.59 Å². The average molecular weight is 271 g/mol. The molecule has 4 nitrogen and oxygen atoms in total. The minimum atomic E-state index is -0.820. The van der Waals surface area contributed by atoms with E-state index in [1.54, 1.807) is 0 Å². The van der Waals surface area contributed by atoms with Crippen molar-refractivity contribution in [3.63, 3.8) is 0 Å². The molecule has 1 aliphatic heterocycles. The van der Waals surface area contributed by atoms with E-state index in [0.717, 1.165) is 19.3 Å². The van der Waals surface area contributed by atoms with Gasteiger partial charge in [0.2, 0.25) is 5.91 Å². The van der Waals surface area contributed by atoms with Crippen molar-refractivity contribution >= 4 is 23.6 Å². The Balaban J connectivity index is 1.78. The lowest BCUT2D eigenvalue weighted by Crippen LogP contribution is -2.38. The first-order valence-electron chi connectivity index (χ1n) is 6.80. The molecular weight excluding hydrogens is 250 g/mol. The maximum atomic E-state index is 12.0. The minimum Gasteiger partial charge on any atom is -0.481 e. The largest absolute Gasteiger partial charge is 0.481 e. The molecule has 2 N–H and O–H groups in total. The Labute approximate surface area is 112 Å². The fourth-order valence-corrected chi connectivity index (χ4v) is 4.12. The third-order valence-electron chi connectivity index (χ3n) is 3.95. The summed E-state index contributed by atoms with van der Waals surface area (Å²) in [7, 11) is 0. The van der Waals surface area contributed by atoms with Gasteiger partial charge in [-0.15, -0.1) is 0 Å². The summed E-state index contributed by atoms with van der Waals surface area (Å²) in [5.74, 6) is -0.465. The van der Waals surface area contributed by atoms with Crippen LogP contribution in [0.2, 0.25) is 0 Å². The number of rotatable bonds is 4. The van der Waals surface area contributed by atoms with E-state index in [1.807, 2.05) is 11.8 Å². The lowest BCUT2D eigenvalue weighted by Gasteiger charge is -2.23. The number of hydrogen-bond acceptors (Lipinski definition) is 3. The van der Waals surface area contributed by atoms with E-state index >= 15 is 0 Å². The molecule has 3 unspecified atom stereocenters. The van der Waals surface area contributed by atoms with Crippen LogP contribution in [0, 0.1) is 11.8 Å². The first-order valence-corrected chi connectivity index (χ1v) is 7.85. The number of thioether (sulfide) groups is 1. The van der Waals surface area contributed by atoms with E-state index in [2.05, 4.69) is 5.32 Å². The van der Waals surface area contributed by atoms with Gasteiger partial charge in [0.25, 0.3) is 0 Å². The molecule has 2 fully saturated rings. The first-order chi connectivity index (χ1) is 8.68. The number of carboxylic acid groups (broad SMARTS) is 1. The zero-order chi connectivity index (χ0) is 13.0. The second-order valence-electron chi connectivity index (χ2n) is 5.22. The van der Waals surface area contributed by atoms with Gasteiger partial charge in [0, 0.05) is 11.8 Å². The van der Waals surface area contributed by atoms with Crippen LogP contribution in [-0.4, -0.2) is 34.5 Å². The number of carbonyl (C=O) groups is 2. The van der Waals surface area contributed by atoms with Gasteiger partial charge < -0.3 is 10.4 Å². The quantitative estimate of drug-likeness (QED) is 0.819. The fraction of sp³-hybridized carbons (Fsp3) is 0.846. The monoisotopic (exact) mass is 271 g/mol. The standard InChI is InChI=1S/C13H21NO3S/c15-12(10-5-3-6-11(10)13(16)17)14-8-9-4-1-2-7-18-9/h9-11H,1-8H2,(H,14,15)(H,16,17). The van der Waals surface area contributed by atoms with Gasteiger partial charge in [-0.25, -0.2) is 0 Å². The van der Waals surface area contributed by atoms with Crippen molar-refractivity contribution in [2.75, 3.05) is 12.3 Å². The van der Waals surface area contributed by atoms with E-state index in [4.69, 9.17) is 5.11 Å². The predicted octanol–water partition coefficient (Wildman–Crippen LogP) is 1.89. The highest BCUT2D eigenvalue weighted by atomic mass is 32.2. The topological polar surface area (TPSA) is 66.4 Å². The maximum Gasteiger partial charge on any atom is 0.307 e. The summed E-state index contributed by atoms with van der Waals surface area (Å²) >= 11 is 1.92. The highest BCUT2D eigenvalue weighted by molar-refractivity contribution is 7.99. The molecule has 1 aliphatic carbocycles. The van der Waals surface area contributed by atoms with Crippen molar-refractivity contribution in [3.8, 4) is 0 Å².